The van der Waals surface area contributed by atoms with Gasteiger partial charge in [-0.15, -0.1) is 0 Å². The average Bonchev–Trinajstić information content (AvgIpc) is 2.61. The van der Waals surface area contributed by atoms with Crippen LogP contribution >= 0.6 is 0 Å². The highest BCUT2D eigenvalue weighted by Crippen LogP contribution is 2.33. The summed E-state index contributed by atoms with van der Waals surface area (Å²) in [6, 6.07) is 6.99. The van der Waals surface area contributed by atoms with Gasteiger partial charge in [-0.25, -0.2) is 0 Å². The van der Waals surface area contributed by atoms with Crippen molar-refractivity contribution in [3.63, 3.8) is 0 Å². The first kappa shape index (κ1) is 17.1. The Hall–Kier alpha value is -2.70. The SMILES string of the molecule is CCCC(=O)NC1CCN(c2ccc([N+](=O)[O-])c3cccnc23)CC1. The van der Waals surface area contributed by atoms with Crippen LogP contribution in [0.25, 0.3) is 10.9 Å². The summed E-state index contributed by atoms with van der Waals surface area (Å²) in [6.07, 6.45) is 4.80. The third kappa shape index (κ3) is 3.70. The highest BCUT2D eigenvalue weighted by atomic mass is 16.6. The Kier molecular flexibility index (Phi) is 5.11. The van der Waals surface area contributed by atoms with Crippen molar-refractivity contribution in [1.29, 1.82) is 0 Å². The zero-order chi connectivity index (χ0) is 17.8. The van der Waals surface area contributed by atoms with Crippen molar-refractivity contribution >= 4 is 28.2 Å². The van der Waals surface area contributed by atoms with Crippen molar-refractivity contribution in [2.45, 2.75) is 38.6 Å². The van der Waals surface area contributed by atoms with Crippen molar-refractivity contribution in [1.82, 2.24) is 10.3 Å². The third-order valence-electron chi connectivity index (χ3n) is 4.60. The Bertz CT molecular complexity index is 785. The molecule has 0 aliphatic carbocycles. The molecule has 2 heterocycles. The number of carbonyl (C=O) groups excluding carboxylic acids is 1. The predicted molar refractivity (Wildman–Crippen MR) is 96.7 cm³/mol. The highest BCUT2D eigenvalue weighted by molar-refractivity contribution is 5.97. The Labute approximate surface area is 146 Å². The fraction of sp³-hybridized carbons (Fsp3) is 0.444. The molecule has 1 amide bonds. The van der Waals surface area contributed by atoms with E-state index in [9.17, 15) is 14.9 Å². The quantitative estimate of drug-likeness (QED) is 0.666. The van der Waals surface area contributed by atoms with E-state index < -0.39 is 0 Å². The van der Waals surface area contributed by atoms with Crippen LogP contribution in [0.2, 0.25) is 0 Å². The topological polar surface area (TPSA) is 88.4 Å². The predicted octanol–water partition coefficient (Wildman–Crippen LogP) is 3.03. The summed E-state index contributed by atoms with van der Waals surface area (Å²) in [5.74, 6) is 0.114. The van der Waals surface area contributed by atoms with Crippen molar-refractivity contribution < 1.29 is 9.72 Å². The molecule has 0 unspecified atom stereocenters. The summed E-state index contributed by atoms with van der Waals surface area (Å²) in [7, 11) is 0. The summed E-state index contributed by atoms with van der Waals surface area (Å²) in [5, 5.41) is 14.9. The summed E-state index contributed by atoms with van der Waals surface area (Å²) in [5.41, 5.74) is 1.65. The van der Waals surface area contributed by atoms with Crippen molar-refractivity contribution in [2.24, 2.45) is 0 Å². The first-order chi connectivity index (χ1) is 12.1. The lowest BCUT2D eigenvalue weighted by Gasteiger charge is -2.34. The molecule has 7 heteroatoms. The summed E-state index contributed by atoms with van der Waals surface area (Å²) < 4.78 is 0. The molecule has 1 aromatic carbocycles. The summed E-state index contributed by atoms with van der Waals surface area (Å²) in [6.45, 7) is 3.58. The highest BCUT2D eigenvalue weighted by Gasteiger charge is 2.24. The number of hydrogen-bond donors (Lipinski definition) is 1. The van der Waals surface area contributed by atoms with E-state index in [2.05, 4.69) is 15.2 Å². The van der Waals surface area contributed by atoms with E-state index in [1.165, 1.54) is 0 Å². The van der Waals surface area contributed by atoms with Crippen LogP contribution < -0.4 is 10.2 Å². The number of carbonyl (C=O) groups is 1. The number of pyridine rings is 1. The number of fused-ring (bicyclic) bond motifs is 1. The Morgan fingerprint density at radius 3 is 2.80 bits per heavy atom. The number of nitrogens with one attached hydrogen (secondary N) is 1. The molecule has 132 valence electrons. The zero-order valence-corrected chi connectivity index (χ0v) is 14.3. The number of hydrogen-bond acceptors (Lipinski definition) is 5. The molecule has 1 N–H and O–H groups in total. The van der Waals surface area contributed by atoms with Crippen LogP contribution in [0, 0.1) is 10.1 Å². The second-order valence-electron chi connectivity index (χ2n) is 6.34. The van der Waals surface area contributed by atoms with E-state index in [1.54, 1.807) is 30.5 Å². The van der Waals surface area contributed by atoms with Crippen LogP contribution in [0.3, 0.4) is 0 Å². The molecule has 0 saturated carbocycles. The lowest BCUT2D eigenvalue weighted by atomic mass is 10.0. The van der Waals surface area contributed by atoms with E-state index in [0.29, 0.717) is 17.3 Å². The van der Waals surface area contributed by atoms with Crippen molar-refractivity contribution in [3.05, 3.63) is 40.6 Å². The normalized spacial score (nSPS) is 15.3. The van der Waals surface area contributed by atoms with Crippen molar-refractivity contribution in [2.75, 3.05) is 18.0 Å². The number of non-ortho nitro benzene ring substituents is 1. The number of amides is 1. The third-order valence-corrected chi connectivity index (χ3v) is 4.60. The lowest BCUT2D eigenvalue weighted by molar-refractivity contribution is -0.383. The number of nitro groups is 1. The van der Waals surface area contributed by atoms with Gasteiger partial charge in [0.1, 0.15) is 5.52 Å². The average molecular weight is 342 g/mol. The second kappa shape index (κ2) is 7.46. The van der Waals surface area contributed by atoms with Gasteiger partial charge in [0.25, 0.3) is 5.69 Å². The van der Waals surface area contributed by atoms with Crippen LogP contribution in [0.15, 0.2) is 30.5 Å². The Morgan fingerprint density at radius 1 is 1.36 bits per heavy atom. The Morgan fingerprint density at radius 2 is 2.12 bits per heavy atom. The molecule has 1 saturated heterocycles. The second-order valence-corrected chi connectivity index (χ2v) is 6.34. The maximum absolute atomic E-state index is 11.7. The molecular weight excluding hydrogens is 320 g/mol. The van der Waals surface area contributed by atoms with Gasteiger partial charge in [0.15, 0.2) is 0 Å². The number of aromatic nitrogens is 1. The van der Waals surface area contributed by atoms with Gasteiger partial charge in [0, 0.05) is 37.8 Å². The first-order valence-electron chi connectivity index (χ1n) is 8.66. The van der Waals surface area contributed by atoms with Gasteiger partial charge in [0.2, 0.25) is 5.91 Å². The van der Waals surface area contributed by atoms with Crippen LogP contribution in [-0.4, -0.2) is 34.9 Å². The molecule has 1 aliphatic heterocycles. The van der Waals surface area contributed by atoms with E-state index in [-0.39, 0.29) is 22.6 Å². The number of rotatable bonds is 5. The molecule has 0 spiro atoms. The molecule has 1 aromatic heterocycles. The van der Waals surface area contributed by atoms with Crippen LogP contribution in [-0.2, 0) is 4.79 Å². The minimum Gasteiger partial charge on any atom is -0.370 e. The van der Waals surface area contributed by atoms with Gasteiger partial charge >= 0.3 is 0 Å². The van der Waals surface area contributed by atoms with Gasteiger partial charge in [-0.2, -0.15) is 0 Å². The van der Waals surface area contributed by atoms with E-state index >= 15 is 0 Å². The fourth-order valence-electron chi connectivity index (χ4n) is 3.35. The van der Waals surface area contributed by atoms with Gasteiger partial charge in [0.05, 0.1) is 16.0 Å². The van der Waals surface area contributed by atoms with E-state index in [1.807, 2.05) is 6.92 Å². The lowest BCUT2D eigenvalue weighted by Crippen LogP contribution is -2.44. The molecule has 2 aromatic rings. The number of nitro benzene ring substituents is 1. The van der Waals surface area contributed by atoms with E-state index in [0.717, 1.165) is 38.0 Å². The number of piperidine rings is 1. The Balaban J connectivity index is 1.77. The van der Waals surface area contributed by atoms with Gasteiger partial charge < -0.3 is 10.2 Å². The zero-order valence-electron chi connectivity index (χ0n) is 14.3. The van der Waals surface area contributed by atoms with Gasteiger partial charge in [-0.3, -0.25) is 19.9 Å². The number of nitrogens with zero attached hydrogens (tertiary/aromatic N) is 3. The van der Waals surface area contributed by atoms with Crippen LogP contribution in [0.1, 0.15) is 32.6 Å². The number of anilines is 1. The molecule has 0 bridgehead atoms. The minimum absolute atomic E-state index is 0.0774. The van der Waals surface area contributed by atoms with E-state index in [4.69, 9.17) is 0 Å². The molecule has 7 nitrogen and oxygen atoms in total. The molecule has 0 radical (unpaired) electrons. The molecule has 1 fully saturated rings. The molecule has 0 atom stereocenters. The minimum atomic E-state index is -0.372. The fourth-order valence-corrected chi connectivity index (χ4v) is 3.35. The van der Waals surface area contributed by atoms with Crippen molar-refractivity contribution in [3.8, 4) is 0 Å². The first-order valence-corrected chi connectivity index (χ1v) is 8.66. The van der Waals surface area contributed by atoms with Gasteiger partial charge in [-0.05, 0) is 37.5 Å². The molecular formula is C18H22N4O3. The summed E-state index contributed by atoms with van der Waals surface area (Å²) >= 11 is 0. The standard InChI is InChI=1S/C18H22N4O3/c1-2-4-17(23)20-13-8-11-21(12-9-13)16-7-6-15(22(24)25)14-5-3-10-19-18(14)16/h3,5-7,10,13H,2,4,8-9,11-12H2,1H3,(H,20,23). The van der Waals surface area contributed by atoms with Gasteiger partial charge in [-0.1, -0.05) is 6.92 Å². The molecule has 1 aliphatic rings. The summed E-state index contributed by atoms with van der Waals surface area (Å²) in [4.78, 5) is 29.2. The largest absolute Gasteiger partial charge is 0.370 e. The van der Waals surface area contributed by atoms with Crippen LogP contribution in [0.4, 0.5) is 11.4 Å². The molecule has 3 rings (SSSR count). The smallest absolute Gasteiger partial charge is 0.278 e. The maximum atomic E-state index is 11.7. The van der Waals surface area contributed by atoms with Crippen LogP contribution in [0.5, 0.6) is 0 Å². The maximum Gasteiger partial charge on any atom is 0.278 e. The molecule has 25 heavy (non-hydrogen) atoms. The monoisotopic (exact) mass is 342 g/mol. The number of benzene rings is 1.